The van der Waals surface area contributed by atoms with Gasteiger partial charge in [-0.25, -0.2) is 0 Å². The summed E-state index contributed by atoms with van der Waals surface area (Å²) in [4.78, 5) is 0. The van der Waals surface area contributed by atoms with Crippen LogP contribution in [0.15, 0.2) is 23.3 Å². The maximum absolute atomic E-state index is 9.65. The Morgan fingerprint density at radius 3 is 2.76 bits per heavy atom. The van der Waals surface area contributed by atoms with E-state index in [9.17, 15) is 5.11 Å². The molecule has 0 aliphatic rings. The number of hydrogen-bond acceptors (Lipinski definition) is 4. The van der Waals surface area contributed by atoms with Gasteiger partial charge in [0, 0.05) is 22.6 Å². The average Bonchev–Trinajstić information content (AvgIpc) is 2.20. The summed E-state index contributed by atoms with van der Waals surface area (Å²) in [7, 11) is 1.48. The number of methoxy groups -OCH3 is 1. The van der Waals surface area contributed by atoms with Gasteiger partial charge in [0.15, 0.2) is 16.6 Å². The van der Waals surface area contributed by atoms with Crippen molar-refractivity contribution >= 4 is 23.5 Å². The van der Waals surface area contributed by atoms with Crippen molar-refractivity contribution < 1.29 is 32.4 Å². The van der Waals surface area contributed by atoms with Gasteiger partial charge < -0.3 is 21.1 Å². The third kappa shape index (κ3) is 5.50. The van der Waals surface area contributed by atoms with E-state index < -0.39 is 0 Å². The number of rotatable bonds is 3. The van der Waals surface area contributed by atoms with Crippen molar-refractivity contribution in [3.05, 3.63) is 23.8 Å². The van der Waals surface area contributed by atoms with Crippen LogP contribution in [0.4, 0.5) is 0 Å². The van der Waals surface area contributed by atoms with Crippen LogP contribution in [-0.4, -0.2) is 29.0 Å². The molecule has 1 radical (unpaired) electrons. The van der Waals surface area contributed by atoms with Crippen LogP contribution in [0.25, 0.3) is 0 Å². The van der Waals surface area contributed by atoms with Crippen molar-refractivity contribution in [3.63, 3.8) is 0 Å². The van der Waals surface area contributed by atoms with Gasteiger partial charge in [-0.05, 0) is 24.4 Å². The van der Waals surface area contributed by atoms with Gasteiger partial charge in [0.2, 0.25) is 0 Å². The number of nitrogens with one attached hydrogen (secondary N) is 1. The van der Waals surface area contributed by atoms with Crippen molar-refractivity contribution in [3.8, 4) is 11.5 Å². The maximum Gasteiger partial charge on any atom is 0.184 e. The molecule has 0 aromatic heterocycles. The van der Waals surface area contributed by atoms with E-state index in [-0.39, 0.29) is 33.4 Å². The molecule has 0 fully saturated rings. The van der Waals surface area contributed by atoms with Gasteiger partial charge in [-0.1, -0.05) is 6.07 Å². The molecule has 99 valence electrons. The van der Waals surface area contributed by atoms with Gasteiger partial charge in [-0.2, -0.15) is 5.10 Å². The molecule has 0 atom stereocenters. The number of nitrogens with zero attached hydrogens (tertiary/aromatic N) is 1. The van der Waals surface area contributed by atoms with Gasteiger partial charge in [0.1, 0.15) is 0 Å². The zero-order valence-electron chi connectivity index (χ0n) is 8.90. The average molecular weight is 307 g/mol. The Morgan fingerprint density at radius 1 is 1.59 bits per heavy atom. The van der Waals surface area contributed by atoms with E-state index in [1.807, 2.05) is 0 Å². The first-order chi connectivity index (χ1) is 7.15. The first-order valence-electron chi connectivity index (χ1n) is 4.09. The van der Waals surface area contributed by atoms with E-state index in [0.717, 1.165) is 0 Å². The molecule has 6 N–H and O–H groups in total. The molecule has 0 aliphatic carbocycles. The van der Waals surface area contributed by atoms with Gasteiger partial charge in [0.25, 0.3) is 0 Å². The van der Waals surface area contributed by atoms with Gasteiger partial charge >= 0.3 is 0 Å². The summed E-state index contributed by atoms with van der Waals surface area (Å²) >= 11 is 4.56. The number of ether oxygens (including phenoxy) is 1. The fraction of sp³-hybridized carbons (Fsp3) is 0.111. The van der Waals surface area contributed by atoms with Crippen molar-refractivity contribution in [2.24, 2.45) is 10.8 Å². The minimum absolute atomic E-state index is 0. The molecule has 0 aliphatic heterocycles. The topological polar surface area (TPSA) is 111 Å². The van der Waals surface area contributed by atoms with Crippen LogP contribution in [0, 0.1) is 0 Å². The second kappa shape index (κ2) is 8.77. The number of thiocarbonyl (C=S) groups is 1. The quantitative estimate of drug-likeness (QED) is 0.308. The molecular weight excluding hydrogens is 294 g/mol. The normalized spacial score (nSPS) is 9.00. The fourth-order valence-corrected chi connectivity index (χ4v) is 1.03. The molecule has 1 rings (SSSR count). The second-order valence-electron chi connectivity index (χ2n) is 2.63. The summed E-state index contributed by atoms with van der Waals surface area (Å²) in [6.07, 6.45) is 1.40. The monoisotopic (exact) mass is 306 g/mol. The molecule has 0 bridgehead atoms. The molecule has 0 spiro atoms. The molecule has 0 heterocycles. The predicted molar refractivity (Wildman–Crippen MR) is 65.8 cm³/mol. The van der Waals surface area contributed by atoms with Gasteiger partial charge in [-0.3, -0.25) is 5.43 Å². The number of nitrogens with two attached hydrogens (primary N) is 1. The molecular formula is C9H13CuN3O3S. The van der Waals surface area contributed by atoms with Gasteiger partial charge in [-0.15, -0.1) is 0 Å². The Hall–Kier alpha value is -1.34. The first kappa shape index (κ1) is 18.0. The van der Waals surface area contributed by atoms with E-state index in [2.05, 4.69) is 22.7 Å². The Balaban J connectivity index is 0. The third-order valence-electron chi connectivity index (χ3n) is 1.63. The van der Waals surface area contributed by atoms with E-state index in [1.165, 1.54) is 13.3 Å². The van der Waals surface area contributed by atoms with Crippen LogP contribution in [0.5, 0.6) is 11.5 Å². The Morgan fingerprint density at radius 2 is 2.24 bits per heavy atom. The van der Waals surface area contributed by atoms with Crippen LogP contribution >= 0.6 is 12.2 Å². The molecule has 8 heteroatoms. The van der Waals surface area contributed by atoms with Crippen LogP contribution < -0.4 is 15.9 Å². The fourth-order valence-electron chi connectivity index (χ4n) is 0.974. The van der Waals surface area contributed by atoms with Crippen molar-refractivity contribution in [2.45, 2.75) is 0 Å². The summed E-state index contributed by atoms with van der Waals surface area (Å²) in [5, 5.41) is 13.4. The van der Waals surface area contributed by atoms with Crippen LogP contribution in [-0.2, 0) is 17.1 Å². The maximum atomic E-state index is 9.65. The minimum Gasteiger partial charge on any atom is -0.504 e. The third-order valence-corrected chi connectivity index (χ3v) is 1.72. The number of phenolic OH excluding ortho intramolecular Hbond substituents is 1. The summed E-state index contributed by atoms with van der Waals surface area (Å²) in [6.45, 7) is 0. The van der Waals surface area contributed by atoms with Gasteiger partial charge in [0.05, 0.1) is 13.3 Å². The molecule has 1 aromatic rings. The van der Waals surface area contributed by atoms with E-state index in [4.69, 9.17) is 10.5 Å². The molecule has 6 nitrogen and oxygen atoms in total. The zero-order valence-corrected chi connectivity index (χ0v) is 10.7. The molecule has 1 aromatic carbocycles. The second-order valence-corrected chi connectivity index (χ2v) is 3.07. The van der Waals surface area contributed by atoms with Crippen LogP contribution in [0.2, 0.25) is 0 Å². The Kier molecular flexibility index (Phi) is 9.31. The smallest absolute Gasteiger partial charge is 0.184 e. The number of hydrazone groups is 1. The predicted octanol–water partition coefficient (Wildman–Crippen LogP) is -0.259. The zero-order chi connectivity index (χ0) is 11.3. The van der Waals surface area contributed by atoms with E-state index >= 15 is 0 Å². The van der Waals surface area contributed by atoms with Crippen molar-refractivity contribution in [2.75, 3.05) is 7.11 Å². The number of para-hydroxylation sites is 1. The summed E-state index contributed by atoms with van der Waals surface area (Å²) in [6, 6.07) is 5.07. The standard InChI is InChI=1S/C9H11N3O2S.Cu.H2O/c1-14-7-4-2-3-6(8(7)13)5-11-12-9(10)15;;/h2-5,13H,1H3,(H3,10,12,15);;1H2/b11-5+;;. The van der Waals surface area contributed by atoms with E-state index in [0.29, 0.717) is 11.3 Å². The number of benzene rings is 1. The number of phenols is 1. The SMILES string of the molecule is COc1cccc(/C=N/NC(N)=S)c1O.O.[Cu]. The molecule has 17 heavy (non-hydrogen) atoms. The molecule has 0 amide bonds. The molecule has 0 unspecified atom stereocenters. The van der Waals surface area contributed by atoms with E-state index in [1.54, 1.807) is 18.2 Å². The Bertz CT molecular complexity index is 401. The first-order valence-corrected chi connectivity index (χ1v) is 4.50. The van der Waals surface area contributed by atoms with Crippen LogP contribution in [0.3, 0.4) is 0 Å². The molecule has 0 saturated carbocycles. The van der Waals surface area contributed by atoms with Crippen molar-refractivity contribution in [1.29, 1.82) is 0 Å². The number of aromatic hydroxyl groups is 1. The summed E-state index contributed by atoms with van der Waals surface area (Å²) in [5.41, 5.74) is 8.07. The largest absolute Gasteiger partial charge is 0.504 e. The van der Waals surface area contributed by atoms with Crippen molar-refractivity contribution in [1.82, 2.24) is 5.43 Å². The minimum atomic E-state index is 0. The Labute approximate surface area is 115 Å². The number of hydrogen-bond donors (Lipinski definition) is 3. The summed E-state index contributed by atoms with van der Waals surface area (Å²) < 4.78 is 4.93. The summed E-state index contributed by atoms with van der Waals surface area (Å²) in [5.74, 6) is 0.405. The van der Waals surface area contributed by atoms with Crippen LogP contribution in [0.1, 0.15) is 5.56 Å². The molecule has 0 saturated heterocycles.